The van der Waals surface area contributed by atoms with E-state index in [4.69, 9.17) is 10.5 Å². The number of carbonyl (C=O) groups is 2. The summed E-state index contributed by atoms with van der Waals surface area (Å²) in [6.07, 6.45) is 0.105. The molecule has 0 fully saturated rings. The number of hydrogen-bond acceptors (Lipinski definition) is 6. The average Bonchev–Trinajstić information content (AvgIpc) is 2.84. The molecule has 9 nitrogen and oxygen atoms in total. The highest BCUT2D eigenvalue weighted by Gasteiger charge is 2.24. The zero-order chi connectivity index (χ0) is 24.7. The van der Waals surface area contributed by atoms with Crippen LogP contribution in [0.5, 0.6) is 0 Å². The number of nitrogens with two attached hydrogens (primary N) is 1. The van der Waals surface area contributed by atoms with E-state index in [1.807, 2.05) is 67.6 Å². The van der Waals surface area contributed by atoms with Crippen LogP contribution in [0, 0.1) is 0 Å². The van der Waals surface area contributed by atoms with E-state index in [9.17, 15) is 19.2 Å². The van der Waals surface area contributed by atoms with Gasteiger partial charge in [-0.05, 0) is 24.0 Å². The van der Waals surface area contributed by atoms with Crippen molar-refractivity contribution in [1.29, 1.82) is 0 Å². The van der Waals surface area contributed by atoms with Crippen LogP contribution in [-0.4, -0.2) is 34.6 Å². The molecule has 0 saturated heterocycles. The molecule has 1 heterocycles. The summed E-state index contributed by atoms with van der Waals surface area (Å²) in [5.41, 5.74) is 6.34. The van der Waals surface area contributed by atoms with Gasteiger partial charge in [-0.3, -0.25) is 23.9 Å². The third-order valence-corrected chi connectivity index (χ3v) is 5.48. The Bertz CT molecular complexity index is 1250. The van der Waals surface area contributed by atoms with E-state index in [1.165, 1.54) is 4.57 Å². The molecule has 0 spiro atoms. The Labute approximate surface area is 196 Å². The van der Waals surface area contributed by atoms with Crippen molar-refractivity contribution in [2.75, 3.05) is 23.8 Å². The number of anilines is 2. The van der Waals surface area contributed by atoms with Crippen molar-refractivity contribution in [3.8, 4) is 0 Å². The molecule has 0 bridgehead atoms. The molecule has 3 rings (SSSR count). The third-order valence-electron chi connectivity index (χ3n) is 5.48. The smallest absolute Gasteiger partial charge is 0.330 e. The maximum Gasteiger partial charge on any atom is 0.330 e. The normalized spacial score (nSPS) is 11.6. The molecule has 0 aliphatic heterocycles. The molecular weight excluding hydrogens is 436 g/mol. The van der Waals surface area contributed by atoms with E-state index in [0.717, 1.165) is 16.0 Å². The lowest BCUT2D eigenvalue weighted by atomic mass is 9.98. The number of likely N-dealkylation sites (N-methyl/N-ethyl adjacent to an activating group) is 1. The second kappa shape index (κ2) is 11.1. The van der Waals surface area contributed by atoms with Crippen LogP contribution in [0.25, 0.3) is 0 Å². The van der Waals surface area contributed by atoms with Crippen LogP contribution in [-0.2, 0) is 20.9 Å². The molecule has 0 radical (unpaired) electrons. The van der Waals surface area contributed by atoms with Gasteiger partial charge in [0.2, 0.25) is 0 Å². The first-order valence-corrected chi connectivity index (χ1v) is 11.0. The number of H-pyrrole nitrogens is 1. The number of nitrogens with one attached hydrogen (secondary N) is 1. The fourth-order valence-electron chi connectivity index (χ4n) is 3.65. The molecule has 0 aliphatic carbocycles. The third kappa shape index (κ3) is 5.80. The number of amides is 1. The Morgan fingerprint density at radius 1 is 1.06 bits per heavy atom. The fraction of sp³-hybridized carbons (Fsp3) is 0.280. The van der Waals surface area contributed by atoms with Crippen LogP contribution >= 0.6 is 0 Å². The van der Waals surface area contributed by atoms with Gasteiger partial charge in [0.1, 0.15) is 5.82 Å². The predicted molar refractivity (Wildman–Crippen MR) is 130 cm³/mol. The van der Waals surface area contributed by atoms with Gasteiger partial charge in [0.05, 0.1) is 13.0 Å². The van der Waals surface area contributed by atoms with E-state index in [1.54, 1.807) is 6.92 Å². The van der Waals surface area contributed by atoms with Crippen molar-refractivity contribution in [3.63, 3.8) is 0 Å². The molecule has 178 valence electrons. The van der Waals surface area contributed by atoms with Crippen LogP contribution in [0.3, 0.4) is 0 Å². The van der Waals surface area contributed by atoms with Gasteiger partial charge in [-0.2, -0.15) is 0 Å². The van der Waals surface area contributed by atoms with Crippen LogP contribution in [0.2, 0.25) is 0 Å². The highest BCUT2D eigenvalue weighted by atomic mass is 16.5. The summed E-state index contributed by atoms with van der Waals surface area (Å²) in [4.78, 5) is 53.4. The summed E-state index contributed by atoms with van der Waals surface area (Å²) in [5.74, 6) is -1.37. The molecule has 9 heteroatoms. The van der Waals surface area contributed by atoms with E-state index in [2.05, 4.69) is 4.98 Å². The lowest BCUT2D eigenvalue weighted by Crippen LogP contribution is -2.42. The highest BCUT2D eigenvalue weighted by Crippen LogP contribution is 2.20. The standard InChI is InChI=1S/C25H28N4O5/c1-3-28(20(30)16-34-21(31)14-17(2)19-12-8-5-9-13-19)22-23(26)29(25(33)27-24(22)32)15-18-10-6-4-7-11-18/h4-13,17H,3,14-16,26H2,1-2H3,(H,27,32,33). The summed E-state index contributed by atoms with van der Waals surface area (Å²) in [5, 5.41) is 0. The van der Waals surface area contributed by atoms with Gasteiger partial charge in [-0.15, -0.1) is 0 Å². The maximum atomic E-state index is 12.8. The largest absolute Gasteiger partial charge is 0.456 e. The number of nitrogens with zero attached hydrogens (tertiary/aromatic N) is 2. The molecule has 3 aromatic rings. The van der Waals surface area contributed by atoms with Gasteiger partial charge in [0.25, 0.3) is 11.5 Å². The molecule has 2 aromatic carbocycles. The van der Waals surface area contributed by atoms with Crippen molar-refractivity contribution in [2.24, 2.45) is 0 Å². The number of hydrogen-bond donors (Lipinski definition) is 2. The Hall–Kier alpha value is -4.14. The molecule has 0 saturated carbocycles. The molecule has 1 amide bonds. The number of ether oxygens (including phenoxy) is 1. The lowest BCUT2D eigenvalue weighted by molar-refractivity contribution is -0.148. The molecule has 1 aromatic heterocycles. The highest BCUT2D eigenvalue weighted by molar-refractivity contribution is 5.97. The number of esters is 1. The zero-order valence-corrected chi connectivity index (χ0v) is 19.2. The number of rotatable bonds is 9. The minimum atomic E-state index is -0.786. The van der Waals surface area contributed by atoms with Crippen molar-refractivity contribution in [3.05, 3.63) is 92.6 Å². The van der Waals surface area contributed by atoms with Gasteiger partial charge in [0.15, 0.2) is 12.3 Å². The summed E-state index contributed by atoms with van der Waals surface area (Å²) in [7, 11) is 0. The minimum Gasteiger partial charge on any atom is -0.456 e. The van der Waals surface area contributed by atoms with E-state index in [0.29, 0.717) is 0 Å². The van der Waals surface area contributed by atoms with E-state index >= 15 is 0 Å². The first-order valence-electron chi connectivity index (χ1n) is 11.0. The fourth-order valence-corrected chi connectivity index (χ4v) is 3.65. The number of aromatic nitrogens is 2. The van der Waals surface area contributed by atoms with Crippen molar-refractivity contribution in [1.82, 2.24) is 9.55 Å². The van der Waals surface area contributed by atoms with Crippen LogP contribution < -0.4 is 21.9 Å². The lowest BCUT2D eigenvalue weighted by Gasteiger charge is -2.23. The van der Waals surface area contributed by atoms with Gasteiger partial charge in [-0.25, -0.2) is 4.79 Å². The van der Waals surface area contributed by atoms with Crippen molar-refractivity contribution < 1.29 is 14.3 Å². The molecule has 0 aliphatic rings. The summed E-state index contributed by atoms with van der Waals surface area (Å²) in [6, 6.07) is 18.6. The SMILES string of the molecule is CCN(C(=O)COC(=O)CC(C)c1ccccc1)c1c(N)n(Cc2ccccc2)c(=O)[nH]c1=O. The van der Waals surface area contributed by atoms with Gasteiger partial charge >= 0.3 is 11.7 Å². The second-order valence-corrected chi connectivity index (χ2v) is 7.88. The van der Waals surface area contributed by atoms with Crippen molar-refractivity contribution in [2.45, 2.75) is 32.7 Å². The van der Waals surface area contributed by atoms with Crippen LogP contribution in [0.1, 0.15) is 37.3 Å². The molecule has 1 unspecified atom stereocenters. The van der Waals surface area contributed by atoms with Crippen LogP contribution in [0.4, 0.5) is 11.5 Å². The summed E-state index contributed by atoms with van der Waals surface area (Å²) in [6.45, 7) is 3.21. The summed E-state index contributed by atoms with van der Waals surface area (Å²) >= 11 is 0. The molecule has 34 heavy (non-hydrogen) atoms. The van der Waals surface area contributed by atoms with Crippen LogP contribution in [0.15, 0.2) is 70.3 Å². The maximum absolute atomic E-state index is 12.8. The Kier molecular flexibility index (Phi) is 8.02. The Morgan fingerprint density at radius 3 is 2.29 bits per heavy atom. The van der Waals surface area contributed by atoms with E-state index in [-0.39, 0.29) is 36.9 Å². The molecule has 3 N–H and O–H groups in total. The number of aromatic amines is 1. The minimum absolute atomic E-state index is 0.0777. The first kappa shape index (κ1) is 24.5. The van der Waals surface area contributed by atoms with Gasteiger partial charge < -0.3 is 15.4 Å². The molecule has 1 atom stereocenters. The predicted octanol–water partition coefficient (Wildman–Crippen LogP) is 2.26. The molecular formula is C25H28N4O5. The number of carbonyl (C=O) groups excluding carboxylic acids is 2. The van der Waals surface area contributed by atoms with Crippen molar-refractivity contribution >= 4 is 23.4 Å². The topological polar surface area (TPSA) is 127 Å². The Morgan fingerprint density at radius 2 is 1.68 bits per heavy atom. The quantitative estimate of drug-likeness (QED) is 0.468. The zero-order valence-electron chi connectivity index (χ0n) is 19.2. The van der Waals surface area contributed by atoms with E-state index < -0.39 is 29.7 Å². The number of benzene rings is 2. The average molecular weight is 465 g/mol. The second-order valence-electron chi connectivity index (χ2n) is 7.88. The first-order chi connectivity index (χ1) is 16.3. The monoisotopic (exact) mass is 464 g/mol. The Balaban J connectivity index is 1.74. The van der Waals surface area contributed by atoms with Gasteiger partial charge in [0, 0.05) is 6.54 Å². The summed E-state index contributed by atoms with van der Waals surface area (Å²) < 4.78 is 6.37. The number of nitrogen functional groups attached to an aromatic ring is 1. The van der Waals surface area contributed by atoms with Gasteiger partial charge in [-0.1, -0.05) is 67.6 Å².